The van der Waals surface area contributed by atoms with Crippen LogP contribution in [0.25, 0.3) is 11.0 Å². The van der Waals surface area contributed by atoms with E-state index >= 15 is 0 Å². The lowest BCUT2D eigenvalue weighted by molar-refractivity contribution is 0.443. The average molecular weight is 196 g/mol. The molecule has 66 valence electrons. The highest BCUT2D eigenvalue weighted by atomic mass is 32.2. The highest BCUT2D eigenvalue weighted by Gasteiger charge is 2.33. The van der Waals surface area contributed by atoms with Crippen LogP contribution in [0.2, 0.25) is 0 Å². The number of nitrogens with zero attached hydrogens (tertiary/aromatic N) is 1. The number of aromatic nitrogens is 2. The molecule has 0 saturated carbocycles. The second-order valence-corrected chi connectivity index (χ2v) is 4.27. The highest BCUT2D eigenvalue weighted by molar-refractivity contribution is 7.88. The van der Waals surface area contributed by atoms with Crippen molar-refractivity contribution in [3.63, 3.8) is 0 Å². The first-order valence-electron chi connectivity index (χ1n) is 3.58. The summed E-state index contributed by atoms with van der Waals surface area (Å²) in [4.78, 5) is 7.03. The molecular weight excluding hydrogens is 192 g/mol. The first kappa shape index (κ1) is 6.90. The predicted octanol–water partition coefficient (Wildman–Crippen LogP) is 0.644. The molecule has 5 nitrogen and oxygen atoms in total. The maximum atomic E-state index is 11.0. The van der Waals surface area contributed by atoms with Gasteiger partial charge in [0.05, 0.1) is 17.4 Å². The number of rotatable bonds is 0. The van der Waals surface area contributed by atoms with Gasteiger partial charge in [0, 0.05) is 6.07 Å². The van der Waals surface area contributed by atoms with E-state index in [4.69, 9.17) is 0 Å². The summed E-state index contributed by atoms with van der Waals surface area (Å²) in [6.07, 6.45) is 1.51. The fourth-order valence-electron chi connectivity index (χ4n) is 1.33. The second kappa shape index (κ2) is 1.85. The maximum Gasteiger partial charge on any atom is 0.343 e. The van der Waals surface area contributed by atoms with Crippen molar-refractivity contribution in [1.82, 2.24) is 9.97 Å². The number of aromatic amines is 1. The number of hydrogen-bond acceptors (Lipinski definition) is 4. The molecule has 0 unspecified atom stereocenters. The van der Waals surface area contributed by atoms with E-state index in [0.29, 0.717) is 16.8 Å². The summed E-state index contributed by atoms with van der Waals surface area (Å²) in [5, 5.41) is 0. The Hall–Kier alpha value is -1.56. The summed E-state index contributed by atoms with van der Waals surface area (Å²) >= 11 is 0. The monoisotopic (exact) mass is 196 g/mol. The molecule has 0 saturated heterocycles. The molecule has 0 bridgehead atoms. The van der Waals surface area contributed by atoms with Crippen LogP contribution in [0, 0.1) is 0 Å². The van der Waals surface area contributed by atoms with Gasteiger partial charge in [-0.3, -0.25) is 0 Å². The molecule has 2 heterocycles. The molecule has 13 heavy (non-hydrogen) atoms. The maximum absolute atomic E-state index is 11.0. The van der Waals surface area contributed by atoms with Crippen LogP contribution in [0.15, 0.2) is 23.4 Å². The van der Waals surface area contributed by atoms with E-state index in [-0.39, 0.29) is 4.90 Å². The van der Waals surface area contributed by atoms with Gasteiger partial charge in [-0.1, -0.05) is 0 Å². The van der Waals surface area contributed by atoms with Crippen LogP contribution >= 0.6 is 0 Å². The van der Waals surface area contributed by atoms with Crippen LogP contribution in [-0.4, -0.2) is 18.4 Å². The van der Waals surface area contributed by atoms with Crippen LogP contribution < -0.4 is 4.18 Å². The molecule has 0 aliphatic carbocycles. The van der Waals surface area contributed by atoms with Crippen LogP contribution in [0.1, 0.15) is 0 Å². The first-order valence-corrected chi connectivity index (χ1v) is 4.99. The molecule has 1 N–H and O–H groups in total. The van der Waals surface area contributed by atoms with Crippen LogP contribution in [0.4, 0.5) is 0 Å². The number of H-pyrrole nitrogens is 1. The van der Waals surface area contributed by atoms with Crippen molar-refractivity contribution in [3.8, 4) is 5.75 Å². The highest BCUT2D eigenvalue weighted by Crippen LogP contribution is 2.38. The molecule has 2 aromatic rings. The van der Waals surface area contributed by atoms with Crippen molar-refractivity contribution in [2.24, 2.45) is 0 Å². The van der Waals surface area contributed by atoms with Gasteiger partial charge in [-0.2, -0.15) is 8.42 Å². The van der Waals surface area contributed by atoms with Gasteiger partial charge in [-0.25, -0.2) is 4.98 Å². The number of fused-ring (bicyclic) bond motifs is 2. The molecule has 0 atom stereocenters. The molecule has 0 amide bonds. The quantitative estimate of drug-likeness (QED) is 0.628. The molecule has 1 aliphatic rings. The van der Waals surface area contributed by atoms with Crippen molar-refractivity contribution in [1.29, 1.82) is 0 Å². The fourth-order valence-corrected chi connectivity index (χ4v) is 2.29. The van der Waals surface area contributed by atoms with Crippen molar-refractivity contribution in [3.05, 3.63) is 18.5 Å². The minimum absolute atomic E-state index is 0.226. The Balaban J connectivity index is 2.46. The number of hydrogen-bond donors (Lipinski definition) is 1. The van der Waals surface area contributed by atoms with Crippen LogP contribution in [-0.2, 0) is 10.1 Å². The van der Waals surface area contributed by atoms with Crippen LogP contribution in [0.5, 0.6) is 5.75 Å². The second-order valence-electron chi connectivity index (χ2n) is 2.76. The summed E-state index contributed by atoms with van der Waals surface area (Å²) in [6.45, 7) is 0. The lowest BCUT2D eigenvalue weighted by atomic mass is 10.3. The van der Waals surface area contributed by atoms with E-state index in [2.05, 4.69) is 14.2 Å². The molecule has 3 rings (SSSR count). The molecular formula is C7H4N2O3S. The van der Waals surface area contributed by atoms with Crippen LogP contribution in [0.3, 0.4) is 0 Å². The third kappa shape index (κ3) is 0.752. The minimum Gasteiger partial charge on any atom is -0.377 e. The van der Waals surface area contributed by atoms with Gasteiger partial charge in [0.2, 0.25) is 0 Å². The van der Waals surface area contributed by atoms with Crippen molar-refractivity contribution in [2.75, 3.05) is 0 Å². The Kier molecular flexibility index (Phi) is 0.981. The standard InChI is InChI=1S/C7H4N2O3S/c10-13(11)7-2-5-4(8-3-9-5)1-6(7)12-13/h1-3H,(H,8,9). The lowest BCUT2D eigenvalue weighted by Gasteiger charge is -2.18. The molecule has 6 heteroatoms. The van der Waals surface area contributed by atoms with E-state index in [1.54, 1.807) is 6.07 Å². The van der Waals surface area contributed by atoms with Gasteiger partial charge in [-0.15, -0.1) is 0 Å². The van der Waals surface area contributed by atoms with Crippen molar-refractivity contribution in [2.45, 2.75) is 4.90 Å². The van der Waals surface area contributed by atoms with E-state index in [1.807, 2.05) is 0 Å². The van der Waals surface area contributed by atoms with E-state index in [9.17, 15) is 8.42 Å². The van der Waals surface area contributed by atoms with E-state index < -0.39 is 10.1 Å². The molecule has 0 fully saturated rings. The molecule has 1 aromatic heterocycles. The third-order valence-electron chi connectivity index (χ3n) is 1.95. The van der Waals surface area contributed by atoms with E-state index in [0.717, 1.165) is 0 Å². The zero-order chi connectivity index (χ0) is 9.05. The van der Waals surface area contributed by atoms with Gasteiger partial charge in [0.25, 0.3) is 0 Å². The summed E-state index contributed by atoms with van der Waals surface area (Å²) < 4.78 is 26.6. The predicted molar refractivity (Wildman–Crippen MR) is 43.9 cm³/mol. The zero-order valence-corrected chi connectivity index (χ0v) is 7.13. The van der Waals surface area contributed by atoms with Crippen molar-refractivity contribution >= 4 is 21.2 Å². The Labute approximate surface area is 73.5 Å². The molecule has 0 spiro atoms. The zero-order valence-electron chi connectivity index (χ0n) is 6.31. The molecule has 1 aromatic carbocycles. The van der Waals surface area contributed by atoms with Gasteiger partial charge < -0.3 is 9.17 Å². The normalized spacial score (nSPS) is 17.5. The van der Waals surface area contributed by atoms with Crippen molar-refractivity contribution < 1.29 is 12.6 Å². The first-order chi connectivity index (χ1) is 6.17. The van der Waals surface area contributed by atoms with E-state index in [1.165, 1.54) is 12.4 Å². The summed E-state index contributed by atoms with van der Waals surface area (Å²) in [5.41, 5.74) is 1.40. The molecule has 1 aliphatic heterocycles. The lowest BCUT2D eigenvalue weighted by Crippen LogP contribution is -2.20. The summed E-state index contributed by atoms with van der Waals surface area (Å²) in [7, 11) is -3.46. The Morgan fingerprint density at radius 1 is 1.38 bits per heavy atom. The Bertz CT molecular complexity index is 599. The van der Waals surface area contributed by atoms with Gasteiger partial charge >= 0.3 is 10.1 Å². The number of benzene rings is 1. The number of imidazole rings is 1. The minimum atomic E-state index is -3.46. The van der Waals surface area contributed by atoms with Gasteiger partial charge in [0.1, 0.15) is 0 Å². The number of nitrogens with one attached hydrogen (secondary N) is 1. The summed E-state index contributed by atoms with van der Waals surface area (Å²) in [5.74, 6) is 0.375. The Morgan fingerprint density at radius 3 is 3.00 bits per heavy atom. The third-order valence-corrected chi connectivity index (χ3v) is 3.21. The SMILES string of the molecule is O=S1(=O)Oc2cc3nc[nH]c3cc21. The summed E-state index contributed by atoms with van der Waals surface area (Å²) in [6, 6.07) is 3.12. The topological polar surface area (TPSA) is 72.1 Å². The van der Waals surface area contributed by atoms with Gasteiger partial charge in [-0.05, 0) is 6.07 Å². The molecule has 0 radical (unpaired) electrons. The Morgan fingerprint density at radius 2 is 2.23 bits per heavy atom. The average Bonchev–Trinajstić information content (AvgIpc) is 2.48. The van der Waals surface area contributed by atoms with Gasteiger partial charge in [0.15, 0.2) is 10.6 Å². The largest absolute Gasteiger partial charge is 0.377 e. The fraction of sp³-hybridized carbons (Fsp3) is 0. The smallest absolute Gasteiger partial charge is 0.343 e.